The Balaban J connectivity index is 3.24. The molecule has 0 aliphatic rings. The van der Waals surface area contributed by atoms with E-state index in [2.05, 4.69) is 70.3 Å². The van der Waals surface area contributed by atoms with Crippen molar-refractivity contribution in [2.45, 2.75) is 26.4 Å². The average Bonchev–Trinajstić information content (AvgIpc) is 2.25. The van der Waals surface area contributed by atoms with Gasteiger partial charge in [0.15, 0.2) is 0 Å². The van der Waals surface area contributed by atoms with Gasteiger partial charge < -0.3 is 8.99 Å². The summed E-state index contributed by atoms with van der Waals surface area (Å²) in [5.41, 5.74) is 1.81. The zero-order valence-corrected chi connectivity index (χ0v) is 12.5. The third-order valence-corrected chi connectivity index (χ3v) is 6.56. The topological polar surface area (TPSA) is 12.5 Å². The summed E-state index contributed by atoms with van der Waals surface area (Å²) < 4.78 is 8.55. The molecule has 0 amide bonds. The summed E-state index contributed by atoms with van der Waals surface area (Å²) in [6, 6.07) is 10.4. The summed E-state index contributed by atoms with van der Waals surface area (Å²) in [6.45, 7) is 10.3. The second-order valence-electron chi connectivity index (χ2n) is 5.38. The smallest absolute Gasteiger partial charge is 0.330 e. The number of hydrogen-bond acceptors (Lipinski definition) is 2. The first-order chi connectivity index (χ1) is 7.82. The van der Waals surface area contributed by atoms with Crippen LogP contribution < -0.4 is 5.19 Å². The molecule has 1 aromatic carbocycles. The molecule has 1 unspecified atom stereocenters. The van der Waals surface area contributed by atoms with Crippen molar-refractivity contribution in [2.75, 3.05) is 14.1 Å². The number of hydrogen-bond donors (Lipinski definition) is 0. The van der Waals surface area contributed by atoms with Crippen LogP contribution in [0.1, 0.15) is 20.8 Å². The quantitative estimate of drug-likeness (QED) is 0.760. The molecule has 94 valence electrons. The van der Waals surface area contributed by atoms with E-state index in [0.717, 1.165) is 0 Å². The highest BCUT2D eigenvalue weighted by Crippen LogP contribution is 2.19. The maximum atomic E-state index is 6.37. The van der Waals surface area contributed by atoms with Gasteiger partial charge in [-0.3, -0.25) is 0 Å². The first kappa shape index (κ1) is 14.2. The van der Waals surface area contributed by atoms with Gasteiger partial charge >= 0.3 is 8.48 Å². The highest BCUT2D eigenvalue weighted by molar-refractivity contribution is 6.88. The Kier molecular flexibility index (Phi) is 4.30. The molecule has 0 bridgehead atoms. The van der Waals surface area contributed by atoms with Crippen molar-refractivity contribution in [3.63, 3.8) is 0 Å². The Morgan fingerprint density at radius 2 is 1.71 bits per heavy atom. The highest BCUT2D eigenvalue weighted by Gasteiger charge is 2.41. The number of rotatable bonds is 4. The molecular weight excluding hydrogens is 226 g/mol. The van der Waals surface area contributed by atoms with Crippen LogP contribution in [-0.4, -0.2) is 32.7 Å². The molecule has 0 fully saturated rings. The molecule has 0 aliphatic heterocycles. The molecule has 1 atom stereocenters. The fourth-order valence-corrected chi connectivity index (χ4v) is 5.00. The van der Waals surface area contributed by atoms with E-state index in [1.165, 1.54) is 5.19 Å². The van der Waals surface area contributed by atoms with Gasteiger partial charge in [-0.25, -0.2) is 0 Å². The summed E-state index contributed by atoms with van der Waals surface area (Å²) in [5.74, 6) is 0. The monoisotopic (exact) mass is 249 g/mol. The summed E-state index contributed by atoms with van der Waals surface area (Å²) in [5, 5.41) is 1.23. The minimum absolute atomic E-state index is 0.180. The molecule has 0 saturated heterocycles. The van der Waals surface area contributed by atoms with E-state index in [4.69, 9.17) is 4.43 Å². The van der Waals surface area contributed by atoms with Crippen LogP contribution in [0.5, 0.6) is 0 Å². The summed E-state index contributed by atoms with van der Waals surface area (Å²) in [7, 11) is 1.86. The van der Waals surface area contributed by atoms with Crippen LogP contribution in [0.4, 0.5) is 0 Å². The van der Waals surface area contributed by atoms with Crippen molar-refractivity contribution in [2.24, 2.45) is 0 Å². The van der Waals surface area contributed by atoms with Gasteiger partial charge in [0, 0.05) is 5.60 Å². The van der Waals surface area contributed by atoms with Crippen molar-refractivity contribution in [3.05, 3.63) is 42.6 Å². The second-order valence-corrected chi connectivity index (χ2v) is 8.85. The van der Waals surface area contributed by atoms with Crippen molar-refractivity contribution in [3.8, 4) is 0 Å². The zero-order valence-electron chi connectivity index (χ0n) is 11.5. The molecule has 17 heavy (non-hydrogen) atoms. The fourth-order valence-electron chi connectivity index (χ4n) is 1.89. The fraction of sp³-hybridized carbons (Fsp3) is 0.429. The lowest BCUT2D eigenvalue weighted by atomic mass is 10.2. The molecule has 0 radical (unpaired) electrons. The lowest BCUT2D eigenvalue weighted by Crippen LogP contribution is -2.63. The molecule has 1 aromatic rings. The molecule has 2 nitrogen and oxygen atoms in total. The van der Waals surface area contributed by atoms with Gasteiger partial charge in [0.1, 0.15) is 0 Å². The van der Waals surface area contributed by atoms with Gasteiger partial charge in [-0.2, -0.15) is 0 Å². The Labute approximate surface area is 106 Å². The third-order valence-electron chi connectivity index (χ3n) is 2.59. The van der Waals surface area contributed by atoms with Crippen LogP contribution in [0.3, 0.4) is 0 Å². The highest BCUT2D eigenvalue weighted by atomic mass is 28.4. The minimum Gasteiger partial charge on any atom is -0.392 e. The molecule has 0 spiro atoms. The molecule has 0 N–H and O–H groups in total. The van der Waals surface area contributed by atoms with Gasteiger partial charge in [0.2, 0.25) is 0 Å². The SMILES string of the molecule is C=C[Si](OC(C)(C)C)(c1ccccc1)N(C)C. The minimum atomic E-state index is -2.26. The first-order valence-electron chi connectivity index (χ1n) is 5.88. The van der Waals surface area contributed by atoms with Crippen LogP contribution in [-0.2, 0) is 4.43 Å². The predicted octanol–water partition coefficient (Wildman–Crippen LogP) is 2.44. The van der Waals surface area contributed by atoms with E-state index in [9.17, 15) is 0 Å². The van der Waals surface area contributed by atoms with Crippen LogP contribution in [0, 0.1) is 0 Å². The first-order valence-corrected chi connectivity index (χ1v) is 7.82. The number of benzene rings is 1. The van der Waals surface area contributed by atoms with E-state index in [1.807, 2.05) is 11.8 Å². The van der Waals surface area contributed by atoms with Crippen LogP contribution >= 0.6 is 0 Å². The molecule has 1 rings (SSSR count). The van der Waals surface area contributed by atoms with Crippen LogP contribution in [0.2, 0.25) is 0 Å². The maximum Gasteiger partial charge on any atom is 0.330 e. The second kappa shape index (κ2) is 5.17. The molecule has 0 heterocycles. The largest absolute Gasteiger partial charge is 0.392 e. The third kappa shape index (κ3) is 3.28. The maximum absolute atomic E-state index is 6.37. The summed E-state index contributed by atoms with van der Waals surface area (Å²) in [6.07, 6.45) is 0. The van der Waals surface area contributed by atoms with Crippen LogP contribution in [0.15, 0.2) is 42.6 Å². The lowest BCUT2D eigenvalue weighted by Gasteiger charge is -2.39. The van der Waals surface area contributed by atoms with Gasteiger partial charge in [0.05, 0.1) is 0 Å². The van der Waals surface area contributed by atoms with Crippen molar-refractivity contribution in [1.29, 1.82) is 0 Å². The standard InChI is InChI=1S/C14H23NOSi/c1-7-17(15(5)6,16-14(2,3)4)13-11-9-8-10-12-13/h7-12H,1H2,2-6H3. The molecular formula is C14H23NOSi. The van der Waals surface area contributed by atoms with E-state index in [0.29, 0.717) is 0 Å². The Bertz CT molecular complexity index is 370. The summed E-state index contributed by atoms with van der Waals surface area (Å²) in [4.78, 5) is 0. The van der Waals surface area contributed by atoms with Gasteiger partial charge in [0.25, 0.3) is 0 Å². The van der Waals surface area contributed by atoms with E-state index >= 15 is 0 Å². The average molecular weight is 249 g/mol. The van der Waals surface area contributed by atoms with E-state index in [-0.39, 0.29) is 5.60 Å². The van der Waals surface area contributed by atoms with Gasteiger partial charge in [-0.05, 0) is 40.1 Å². The Morgan fingerprint density at radius 1 is 1.18 bits per heavy atom. The van der Waals surface area contributed by atoms with E-state index < -0.39 is 8.48 Å². The van der Waals surface area contributed by atoms with Crippen molar-refractivity contribution in [1.82, 2.24) is 4.57 Å². The molecule has 3 heteroatoms. The van der Waals surface area contributed by atoms with Crippen molar-refractivity contribution >= 4 is 13.7 Å². The van der Waals surface area contributed by atoms with Crippen LogP contribution in [0.25, 0.3) is 0 Å². The van der Waals surface area contributed by atoms with Gasteiger partial charge in [-0.1, -0.05) is 36.0 Å². The lowest BCUT2D eigenvalue weighted by molar-refractivity contribution is 0.109. The molecule has 0 saturated carbocycles. The Morgan fingerprint density at radius 3 is 2.06 bits per heavy atom. The van der Waals surface area contributed by atoms with Gasteiger partial charge in [-0.15, -0.1) is 6.58 Å². The molecule has 0 aromatic heterocycles. The number of nitrogens with zero attached hydrogens (tertiary/aromatic N) is 1. The zero-order chi connectivity index (χ0) is 13.1. The predicted molar refractivity (Wildman–Crippen MR) is 76.6 cm³/mol. The normalized spacial score (nSPS) is 15.6. The van der Waals surface area contributed by atoms with Crippen molar-refractivity contribution < 1.29 is 4.43 Å². The summed E-state index contributed by atoms with van der Waals surface area (Å²) >= 11 is 0. The van der Waals surface area contributed by atoms with E-state index in [1.54, 1.807) is 0 Å². The molecule has 0 aliphatic carbocycles. The Hall–Kier alpha value is -0.903.